The molecule has 0 radical (unpaired) electrons. The molecule has 2 aromatic rings. The Kier molecular flexibility index (Phi) is 2.16. The first kappa shape index (κ1) is 10.3. The van der Waals surface area contributed by atoms with Crippen LogP contribution in [0.25, 0.3) is 11.3 Å². The minimum absolute atomic E-state index is 0.247. The molecule has 1 aliphatic rings. The number of nitrogen functional groups attached to an aromatic ring is 1. The highest BCUT2D eigenvalue weighted by atomic mass is 35.5. The lowest BCUT2D eigenvalue weighted by Gasteiger charge is -2.00. The van der Waals surface area contributed by atoms with Crippen LogP contribution in [0.1, 0.15) is 0 Å². The molecule has 0 bridgehead atoms. The molecule has 2 N–H and O–H groups in total. The number of rotatable bonds is 1. The smallest absolute Gasteiger partial charge is 0.231 e. The van der Waals surface area contributed by atoms with Crippen molar-refractivity contribution in [1.82, 2.24) is 9.55 Å². The van der Waals surface area contributed by atoms with Crippen LogP contribution in [0.3, 0.4) is 0 Å². The van der Waals surface area contributed by atoms with Gasteiger partial charge < -0.3 is 19.8 Å². The van der Waals surface area contributed by atoms with Crippen molar-refractivity contribution in [1.29, 1.82) is 0 Å². The second-order valence-electron chi connectivity index (χ2n) is 3.74. The van der Waals surface area contributed by atoms with Crippen molar-refractivity contribution in [2.24, 2.45) is 7.05 Å². The largest absolute Gasteiger partial charge is 0.454 e. The zero-order valence-electron chi connectivity index (χ0n) is 9.11. The van der Waals surface area contributed by atoms with Gasteiger partial charge in [0.1, 0.15) is 10.8 Å². The molecule has 0 fully saturated rings. The number of halogens is 1. The molecule has 5 nitrogen and oxygen atoms in total. The fraction of sp³-hybridized carbons (Fsp3) is 0.182. The van der Waals surface area contributed by atoms with Gasteiger partial charge >= 0.3 is 0 Å². The maximum Gasteiger partial charge on any atom is 0.231 e. The fourth-order valence-corrected chi connectivity index (χ4v) is 1.96. The highest BCUT2D eigenvalue weighted by Gasteiger charge is 2.18. The highest BCUT2D eigenvalue weighted by molar-refractivity contribution is 6.32. The third kappa shape index (κ3) is 1.51. The van der Waals surface area contributed by atoms with E-state index in [9.17, 15) is 0 Å². The maximum atomic E-state index is 6.15. The summed E-state index contributed by atoms with van der Waals surface area (Å²) in [7, 11) is 1.77. The van der Waals surface area contributed by atoms with Crippen molar-refractivity contribution < 1.29 is 9.47 Å². The number of benzene rings is 1. The summed E-state index contributed by atoms with van der Waals surface area (Å²) in [6, 6.07) is 5.55. The molecule has 1 aromatic carbocycles. The first-order valence-electron chi connectivity index (χ1n) is 5.04. The molecular weight excluding hydrogens is 242 g/mol. The second kappa shape index (κ2) is 3.56. The van der Waals surface area contributed by atoms with E-state index in [1.165, 1.54) is 0 Å². The molecule has 0 saturated heterocycles. The standard InChI is InChI=1S/C11H10ClN3O2/c1-15-10(12)9(14-11(15)13)6-2-3-7-8(4-6)17-5-16-7/h2-4H,5H2,1H3,(H2,13,14). The summed E-state index contributed by atoms with van der Waals surface area (Å²) in [5.74, 6) is 1.80. The Morgan fingerprint density at radius 2 is 2.12 bits per heavy atom. The number of hydrogen-bond acceptors (Lipinski definition) is 4. The molecule has 1 aliphatic heterocycles. The molecule has 17 heavy (non-hydrogen) atoms. The van der Waals surface area contributed by atoms with E-state index in [4.69, 9.17) is 26.8 Å². The van der Waals surface area contributed by atoms with Gasteiger partial charge in [-0.05, 0) is 18.2 Å². The van der Waals surface area contributed by atoms with Gasteiger partial charge in [0.25, 0.3) is 0 Å². The summed E-state index contributed by atoms with van der Waals surface area (Å²) < 4.78 is 12.2. The topological polar surface area (TPSA) is 62.3 Å². The molecular formula is C11H10ClN3O2. The van der Waals surface area contributed by atoms with Crippen LogP contribution in [0.5, 0.6) is 11.5 Å². The maximum absolute atomic E-state index is 6.15. The third-order valence-electron chi connectivity index (χ3n) is 2.71. The van der Waals surface area contributed by atoms with Gasteiger partial charge in [0, 0.05) is 12.6 Å². The lowest BCUT2D eigenvalue weighted by molar-refractivity contribution is 0.174. The average Bonchev–Trinajstić information content (AvgIpc) is 2.89. The normalized spacial score (nSPS) is 13.1. The molecule has 0 atom stereocenters. The van der Waals surface area contributed by atoms with Crippen molar-refractivity contribution in [3.05, 3.63) is 23.4 Å². The van der Waals surface area contributed by atoms with E-state index in [0.29, 0.717) is 22.5 Å². The minimum atomic E-state index is 0.247. The first-order chi connectivity index (χ1) is 8.16. The number of ether oxygens (including phenoxy) is 2. The summed E-state index contributed by atoms with van der Waals surface area (Å²) in [5, 5.41) is 0.501. The van der Waals surface area contributed by atoms with Crippen LogP contribution in [0.2, 0.25) is 5.15 Å². The summed E-state index contributed by atoms with van der Waals surface area (Å²) >= 11 is 6.15. The first-order valence-corrected chi connectivity index (χ1v) is 5.42. The summed E-state index contributed by atoms with van der Waals surface area (Å²) in [6.07, 6.45) is 0. The van der Waals surface area contributed by atoms with Gasteiger partial charge in [0.15, 0.2) is 11.5 Å². The number of hydrogen-bond donors (Lipinski definition) is 1. The van der Waals surface area contributed by atoms with Crippen LogP contribution in [0.15, 0.2) is 18.2 Å². The molecule has 6 heteroatoms. The molecule has 2 heterocycles. The Balaban J connectivity index is 2.12. The van der Waals surface area contributed by atoms with Gasteiger partial charge in [-0.3, -0.25) is 0 Å². The third-order valence-corrected chi connectivity index (χ3v) is 3.14. The van der Waals surface area contributed by atoms with E-state index >= 15 is 0 Å². The fourth-order valence-electron chi connectivity index (χ4n) is 1.72. The second-order valence-corrected chi connectivity index (χ2v) is 4.09. The number of aromatic nitrogens is 2. The Morgan fingerprint density at radius 3 is 2.82 bits per heavy atom. The predicted molar refractivity (Wildman–Crippen MR) is 64.2 cm³/mol. The Labute approximate surface area is 103 Å². The summed E-state index contributed by atoms with van der Waals surface area (Å²) in [4.78, 5) is 4.22. The van der Waals surface area contributed by atoms with Gasteiger partial charge in [-0.1, -0.05) is 11.6 Å². The van der Waals surface area contributed by atoms with E-state index in [-0.39, 0.29) is 6.79 Å². The van der Waals surface area contributed by atoms with Gasteiger partial charge in [0.05, 0.1) is 0 Å². The summed E-state index contributed by atoms with van der Waals surface area (Å²) in [6.45, 7) is 0.247. The van der Waals surface area contributed by atoms with E-state index in [1.807, 2.05) is 18.2 Å². The molecule has 0 amide bonds. The Bertz CT molecular complexity index is 595. The van der Waals surface area contributed by atoms with Crippen LogP contribution >= 0.6 is 11.6 Å². The Hall–Kier alpha value is -1.88. The van der Waals surface area contributed by atoms with Crippen molar-refractivity contribution in [3.8, 4) is 22.8 Å². The molecule has 0 saturated carbocycles. The minimum Gasteiger partial charge on any atom is -0.454 e. The van der Waals surface area contributed by atoms with Gasteiger partial charge in [0.2, 0.25) is 12.7 Å². The van der Waals surface area contributed by atoms with Crippen LogP contribution < -0.4 is 15.2 Å². The number of nitrogens with zero attached hydrogens (tertiary/aromatic N) is 2. The number of nitrogens with two attached hydrogens (primary N) is 1. The zero-order chi connectivity index (χ0) is 12.0. The van der Waals surface area contributed by atoms with Gasteiger partial charge in [-0.15, -0.1) is 0 Å². The van der Waals surface area contributed by atoms with Crippen LogP contribution in [0.4, 0.5) is 5.95 Å². The van der Waals surface area contributed by atoms with Crippen LogP contribution in [-0.4, -0.2) is 16.3 Å². The van der Waals surface area contributed by atoms with Crippen LogP contribution in [-0.2, 0) is 7.05 Å². The molecule has 0 aliphatic carbocycles. The van der Waals surface area contributed by atoms with Crippen molar-refractivity contribution in [3.63, 3.8) is 0 Å². The van der Waals surface area contributed by atoms with E-state index in [1.54, 1.807) is 11.6 Å². The molecule has 0 unspecified atom stereocenters. The lowest BCUT2D eigenvalue weighted by Crippen LogP contribution is -1.96. The molecule has 0 spiro atoms. The lowest BCUT2D eigenvalue weighted by atomic mass is 10.1. The highest BCUT2D eigenvalue weighted by Crippen LogP contribution is 2.37. The molecule has 88 valence electrons. The number of fused-ring (bicyclic) bond motifs is 1. The SMILES string of the molecule is Cn1c(N)nc(-c2ccc3c(c2)OCO3)c1Cl. The monoisotopic (exact) mass is 251 g/mol. The van der Waals surface area contributed by atoms with Crippen molar-refractivity contribution >= 4 is 17.5 Å². The quantitative estimate of drug-likeness (QED) is 0.843. The summed E-state index contributed by atoms with van der Waals surface area (Å²) in [5.41, 5.74) is 7.20. The molecule has 1 aromatic heterocycles. The van der Waals surface area contributed by atoms with Crippen molar-refractivity contribution in [2.75, 3.05) is 12.5 Å². The number of imidazole rings is 1. The van der Waals surface area contributed by atoms with E-state index in [0.717, 1.165) is 11.3 Å². The number of anilines is 1. The molecule has 3 rings (SSSR count). The van der Waals surface area contributed by atoms with Gasteiger partial charge in [-0.2, -0.15) is 0 Å². The van der Waals surface area contributed by atoms with Gasteiger partial charge in [-0.25, -0.2) is 4.98 Å². The van der Waals surface area contributed by atoms with E-state index < -0.39 is 0 Å². The van der Waals surface area contributed by atoms with Crippen LogP contribution in [0, 0.1) is 0 Å². The predicted octanol–water partition coefficient (Wildman–Crippen LogP) is 2.05. The zero-order valence-corrected chi connectivity index (χ0v) is 9.86. The van der Waals surface area contributed by atoms with Crippen molar-refractivity contribution in [2.45, 2.75) is 0 Å². The van der Waals surface area contributed by atoms with E-state index in [2.05, 4.69) is 4.98 Å². The average molecular weight is 252 g/mol. The Morgan fingerprint density at radius 1 is 1.35 bits per heavy atom.